The van der Waals surface area contributed by atoms with Crippen molar-refractivity contribution in [1.29, 1.82) is 0 Å². The highest BCUT2D eigenvalue weighted by atomic mass is 16.5. The van der Waals surface area contributed by atoms with Crippen molar-refractivity contribution in [3.63, 3.8) is 0 Å². The van der Waals surface area contributed by atoms with Crippen LogP contribution in [0, 0.1) is 0 Å². The van der Waals surface area contributed by atoms with E-state index in [2.05, 4.69) is 0 Å². The van der Waals surface area contributed by atoms with Gasteiger partial charge in [-0.2, -0.15) is 0 Å². The summed E-state index contributed by atoms with van der Waals surface area (Å²) in [6.07, 6.45) is -1.64. The average Bonchev–Trinajstić information content (AvgIpc) is 2.45. The fraction of sp³-hybridized carbons (Fsp3) is 0.778. The summed E-state index contributed by atoms with van der Waals surface area (Å²) in [5, 5.41) is 18.0. The number of nitrogens with zero attached hydrogens (tertiary/aromatic N) is 2. The molecule has 2 saturated heterocycles. The lowest BCUT2D eigenvalue weighted by molar-refractivity contribution is 0.0260. The minimum absolute atomic E-state index is 0.191. The molecule has 2 rings (SSSR count). The molecule has 0 spiro atoms. The fourth-order valence-electron chi connectivity index (χ4n) is 2.62. The van der Waals surface area contributed by atoms with Crippen LogP contribution in [0.3, 0.4) is 0 Å². The van der Waals surface area contributed by atoms with E-state index in [4.69, 9.17) is 14.9 Å². The summed E-state index contributed by atoms with van der Waals surface area (Å²) in [6.45, 7) is 0.425. The molecule has 2 N–H and O–H groups in total. The van der Waals surface area contributed by atoms with Gasteiger partial charge >= 0.3 is 12.2 Å². The van der Waals surface area contributed by atoms with Gasteiger partial charge in [-0.15, -0.1) is 0 Å². The Bertz CT molecular complexity index is 321. The molecule has 16 heavy (non-hydrogen) atoms. The second kappa shape index (κ2) is 3.82. The zero-order chi connectivity index (χ0) is 11.9. The van der Waals surface area contributed by atoms with Gasteiger partial charge in [-0.05, 0) is 6.42 Å². The van der Waals surface area contributed by atoms with E-state index in [1.165, 1.54) is 16.9 Å². The molecule has 2 amide bonds. The van der Waals surface area contributed by atoms with Gasteiger partial charge in [0.15, 0.2) is 0 Å². The number of hydrogen-bond acceptors (Lipinski definition) is 3. The standard InChI is InChI=1S/C9H14N2O5/c1-16-7-2-5-3-10(8(12)13)4-6(7)11(5)9(14)15/h5-7H,2-4H2,1H3,(H,12,13)(H,14,15)/t5-,6-,7-/m0/s1. The Kier molecular flexibility index (Phi) is 2.63. The van der Waals surface area contributed by atoms with Gasteiger partial charge in [0.05, 0.1) is 18.2 Å². The van der Waals surface area contributed by atoms with E-state index >= 15 is 0 Å². The molecule has 2 aliphatic heterocycles. The molecule has 0 unspecified atom stereocenters. The van der Waals surface area contributed by atoms with E-state index in [0.717, 1.165) is 0 Å². The number of fused-ring (bicyclic) bond motifs is 2. The number of piperazine rings is 1. The predicted molar refractivity (Wildman–Crippen MR) is 52.5 cm³/mol. The molecule has 7 nitrogen and oxygen atoms in total. The van der Waals surface area contributed by atoms with Crippen LogP contribution in [-0.2, 0) is 4.74 Å². The molecular formula is C9H14N2O5. The van der Waals surface area contributed by atoms with E-state index in [-0.39, 0.29) is 31.3 Å². The third-order valence-electron chi connectivity index (χ3n) is 3.32. The normalized spacial score (nSPS) is 32.9. The quantitative estimate of drug-likeness (QED) is 0.667. The van der Waals surface area contributed by atoms with Gasteiger partial charge < -0.3 is 19.8 Å². The fourth-order valence-corrected chi connectivity index (χ4v) is 2.62. The van der Waals surface area contributed by atoms with Gasteiger partial charge in [-0.3, -0.25) is 4.90 Å². The van der Waals surface area contributed by atoms with Gasteiger partial charge in [0.25, 0.3) is 0 Å². The van der Waals surface area contributed by atoms with Crippen LogP contribution in [-0.4, -0.2) is 70.6 Å². The zero-order valence-corrected chi connectivity index (χ0v) is 8.87. The van der Waals surface area contributed by atoms with Crippen LogP contribution < -0.4 is 0 Å². The minimum Gasteiger partial charge on any atom is -0.465 e. The van der Waals surface area contributed by atoms with E-state index < -0.39 is 12.2 Å². The molecular weight excluding hydrogens is 216 g/mol. The van der Waals surface area contributed by atoms with Crippen LogP contribution >= 0.6 is 0 Å². The number of likely N-dealkylation sites (tertiary alicyclic amines) is 1. The predicted octanol–water partition coefficient (Wildman–Crippen LogP) is 0.116. The molecule has 7 heteroatoms. The molecule has 0 aliphatic carbocycles. The van der Waals surface area contributed by atoms with Gasteiger partial charge in [-0.25, -0.2) is 9.59 Å². The second-order valence-electron chi connectivity index (χ2n) is 4.11. The number of methoxy groups -OCH3 is 1. The smallest absolute Gasteiger partial charge is 0.408 e. The summed E-state index contributed by atoms with van der Waals surface area (Å²) >= 11 is 0. The summed E-state index contributed by atoms with van der Waals surface area (Å²) in [7, 11) is 1.52. The number of rotatable bonds is 1. The molecule has 2 aliphatic rings. The third-order valence-corrected chi connectivity index (χ3v) is 3.32. The Labute approximate surface area is 92.2 Å². The summed E-state index contributed by atoms with van der Waals surface area (Å²) in [4.78, 5) is 24.5. The molecule has 3 atom stereocenters. The lowest BCUT2D eigenvalue weighted by atomic mass is 10.1. The van der Waals surface area contributed by atoms with E-state index in [1.54, 1.807) is 0 Å². The Balaban J connectivity index is 2.19. The Morgan fingerprint density at radius 3 is 2.44 bits per heavy atom. The molecule has 2 fully saturated rings. The van der Waals surface area contributed by atoms with Crippen LogP contribution in [0.4, 0.5) is 9.59 Å². The molecule has 90 valence electrons. The van der Waals surface area contributed by atoms with Crippen molar-refractivity contribution in [3.8, 4) is 0 Å². The lowest BCUT2D eigenvalue weighted by Crippen LogP contribution is -2.58. The number of ether oxygens (including phenoxy) is 1. The van der Waals surface area contributed by atoms with Crippen LogP contribution in [0.1, 0.15) is 6.42 Å². The lowest BCUT2D eigenvalue weighted by Gasteiger charge is -2.38. The topological polar surface area (TPSA) is 90.3 Å². The van der Waals surface area contributed by atoms with E-state index in [1.807, 2.05) is 0 Å². The molecule has 0 aromatic carbocycles. The largest absolute Gasteiger partial charge is 0.465 e. The van der Waals surface area contributed by atoms with E-state index in [0.29, 0.717) is 6.42 Å². The Morgan fingerprint density at radius 2 is 1.94 bits per heavy atom. The van der Waals surface area contributed by atoms with Crippen LogP contribution in [0.5, 0.6) is 0 Å². The number of carboxylic acid groups (broad SMARTS) is 2. The molecule has 2 heterocycles. The van der Waals surface area contributed by atoms with E-state index in [9.17, 15) is 9.59 Å². The maximum Gasteiger partial charge on any atom is 0.408 e. The van der Waals surface area contributed by atoms with Crippen molar-refractivity contribution in [1.82, 2.24) is 9.80 Å². The second-order valence-corrected chi connectivity index (χ2v) is 4.11. The Morgan fingerprint density at radius 1 is 1.25 bits per heavy atom. The first-order valence-electron chi connectivity index (χ1n) is 5.06. The van der Waals surface area contributed by atoms with Crippen molar-refractivity contribution in [3.05, 3.63) is 0 Å². The SMILES string of the molecule is CO[C@H]1C[C@H]2CN(C(=O)O)C[C@@H]1N2C(=O)O. The van der Waals surface area contributed by atoms with Gasteiger partial charge in [0, 0.05) is 20.2 Å². The summed E-state index contributed by atoms with van der Waals surface area (Å²) in [5.41, 5.74) is 0. The first-order chi connectivity index (χ1) is 7.54. The maximum atomic E-state index is 11.1. The minimum atomic E-state index is -1.00. The van der Waals surface area contributed by atoms with Crippen molar-refractivity contribution in [2.75, 3.05) is 20.2 Å². The van der Waals surface area contributed by atoms with Gasteiger partial charge in [-0.1, -0.05) is 0 Å². The number of hydrogen-bond donors (Lipinski definition) is 2. The molecule has 0 aromatic rings. The first kappa shape index (κ1) is 11.0. The number of amides is 2. The van der Waals surface area contributed by atoms with Crippen LogP contribution in [0.2, 0.25) is 0 Å². The highest BCUT2D eigenvalue weighted by Crippen LogP contribution is 2.32. The van der Waals surface area contributed by atoms with Gasteiger partial charge in [0.2, 0.25) is 0 Å². The first-order valence-corrected chi connectivity index (χ1v) is 5.06. The monoisotopic (exact) mass is 230 g/mol. The molecule has 0 radical (unpaired) electrons. The van der Waals surface area contributed by atoms with Crippen molar-refractivity contribution < 1.29 is 24.5 Å². The van der Waals surface area contributed by atoms with Crippen LogP contribution in [0.25, 0.3) is 0 Å². The average molecular weight is 230 g/mol. The summed E-state index contributed by atoms with van der Waals surface area (Å²) in [6, 6.07) is -0.658. The Hall–Kier alpha value is -1.50. The van der Waals surface area contributed by atoms with Crippen LogP contribution in [0.15, 0.2) is 0 Å². The molecule has 2 bridgehead atoms. The molecule has 0 saturated carbocycles. The van der Waals surface area contributed by atoms with Gasteiger partial charge in [0.1, 0.15) is 0 Å². The maximum absolute atomic E-state index is 11.1. The van der Waals surface area contributed by atoms with Crippen molar-refractivity contribution in [2.45, 2.75) is 24.6 Å². The third kappa shape index (κ3) is 1.57. The summed E-state index contributed by atoms with van der Waals surface area (Å²) < 4.78 is 5.21. The molecule has 0 aromatic heterocycles. The highest BCUT2D eigenvalue weighted by molar-refractivity contribution is 5.69. The van der Waals surface area contributed by atoms with Crippen molar-refractivity contribution in [2.24, 2.45) is 0 Å². The number of carbonyl (C=O) groups is 2. The highest BCUT2D eigenvalue weighted by Gasteiger charge is 2.49. The van der Waals surface area contributed by atoms with Crippen molar-refractivity contribution >= 4 is 12.2 Å². The summed E-state index contributed by atoms with van der Waals surface area (Å²) in [5.74, 6) is 0. The zero-order valence-electron chi connectivity index (χ0n) is 8.87.